The number of nitrogens with zero attached hydrogens (tertiary/aromatic N) is 1. The van der Waals surface area contributed by atoms with Crippen LogP contribution in [0.4, 0.5) is 5.13 Å². The van der Waals surface area contributed by atoms with Gasteiger partial charge in [-0.2, -0.15) is 0 Å². The normalized spacial score (nSPS) is 15.3. The lowest BCUT2D eigenvalue weighted by atomic mass is 9.90. The van der Waals surface area contributed by atoms with Crippen molar-refractivity contribution in [3.8, 4) is 0 Å². The van der Waals surface area contributed by atoms with Crippen LogP contribution in [0.3, 0.4) is 0 Å². The van der Waals surface area contributed by atoms with E-state index in [0.717, 1.165) is 41.8 Å². The first-order chi connectivity index (χ1) is 14.6. The van der Waals surface area contributed by atoms with Crippen LogP contribution < -0.4 is 10.6 Å². The molecule has 5 nitrogen and oxygen atoms in total. The molecule has 0 saturated carbocycles. The molecule has 1 aliphatic rings. The van der Waals surface area contributed by atoms with E-state index in [-0.39, 0.29) is 17.7 Å². The quantitative estimate of drug-likeness (QED) is 0.578. The number of fused-ring (bicyclic) bond motifs is 1. The molecular formula is C23H22ClN3O2S. The summed E-state index contributed by atoms with van der Waals surface area (Å²) in [5.41, 5.74) is 2.52. The fraction of sp³-hybridized carbons (Fsp3) is 0.261. The smallest absolute Gasteiger partial charge is 0.257 e. The van der Waals surface area contributed by atoms with Crippen LogP contribution in [0.25, 0.3) is 0 Å². The standard InChI is InChI=1S/C23H22ClN3O2S/c24-17-11-9-15(10-12-17)13-14-25-22(29)18-7-4-8-19-20(18)26-23(30-19)27-21(28)16-5-2-1-3-6-16/h1-3,5-6,9-12,18H,4,7-8,13-14H2,(H,25,29)(H,26,27,28). The van der Waals surface area contributed by atoms with Crippen LogP contribution in [0.15, 0.2) is 54.6 Å². The Kier molecular flexibility index (Phi) is 6.45. The van der Waals surface area contributed by atoms with Crippen molar-refractivity contribution in [1.29, 1.82) is 0 Å². The Labute approximate surface area is 184 Å². The highest BCUT2D eigenvalue weighted by atomic mass is 35.5. The molecule has 2 amide bonds. The fourth-order valence-electron chi connectivity index (χ4n) is 3.59. The van der Waals surface area contributed by atoms with Crippen molar-refractivity contribution >= 4 is 39.9 Å². The van der Waals surface area contributed by atoms with Gasteiger partial charge in [-0.1, -0.05) is 41.9 Å². The Morgan fingerprint density at radius 1 is 1.10 bits per heavy atom. The van der Waals surface area contributed by atoms with Crippen LogP contribution in [0, 0.1) is 0 Å². The molecule has 1 heterocycles. The molecule has 4 rings (SSSR count). The van der Waals surface area contributed by atoms with E-state index in [2.05, 4.69) is 15.6 Å². The van der Waals surface area contributed by atoms with E-state index in [9.17, 15) is 9.59 Å². The highest BCUT2D eigenvalue weighted by molar-refractivity contribution is 7.16. The summed E-state index contributed by atoms with van der Waals surface area (Å²) in [4.78, 5) is 30.9. The summed E-state index contributed by atoms with van der Waals surface area (Å²) in [5, 5.41) is 7.16. The Balaban J connectivity index is 1.38. The third kappa shape index (κ3) is 4.89. The van der Waals surface area contributed by atoms with E-state index in [1.54, 1.807) is 12.1 Å². The van der Waals surface area contributed by atoms with Crippen LogP contribution in [0.5, 0.6) is 0 Å². The third-order valence-corrected chi connectivity index (χ3v) is 6.45. The number of nitrogens with one attached hydrogen (secondary N) is 2. The fourth-order valence-corrected chi connectivity index (χ4v) is 4.78. The van der Waals surface area contributed by atoms with Crippen molar-refractivity contribution in [2.75, 3.05) is 11.9 Å². The second-order valence-corrected chi connectivity index (χ2v) is 8.78. The molecule has 1 aliphatic carbocycles. The topological polar surface area (TPSA) is 71.1 Å². The number of halogens is 1. The maximum absolute atomic E-state index is 12.8. The number of amides is 2. The van der Waals surface area contributed by atoms with E-state index >= 15 is 0 Å². The Bertz CT molecular complexity index is 1030. The SMILES string of the molecule is O=C(Nc1nc2c(s1)CCCC2C(=O)NCCc1ccc(Cl)cc1)c1ccccc1. The minimum absolute atomic E-state index is 0.00357. The van der Waals surface area contributed by atoms with Crippen molar-refractivity contribution in [2.24, 2.45) is 0 Å². The minimum atomic E-state index is -0.266. The predicted molar refractivity (Wildman–Crippen MR) is 120 cm³/mol. The van der Waals surface area contributed by atoms with Gasteiger partial charge in [-0.05, 0) is 55.5 Å². The molecule has 0 saturated heterocycles. The average molecular weight is 440 g/mol. The van der Waals surface area contributed by atoms with Gasteiger partial charge in [0.25, 0.3) is 5.91 Å². The van der Waals surface area contributed by atoms with Gasteiger partial charge in [0, 0.05) is 22.0 Å². The molecule has 0 fully saturated rings. The van der Waals surface area contributed by atoms with Gasteiger partial charge in [0.2, 0.25) is 5.91 Å². The number of anilines is 1. The van der Waals surface area contributed by atoms with Gasteiger partial charge in [-0.15, -0.1) is 11.3 Å². The molecule has 2 N–H and O–H groups in total. The first kappa shape index (κ1) is 20.6. The van der Waals surface area contributed by atoms with Crippen LogP contribution in [-0.2, 0) is 17.6 Å². The lowest BCUT2D eigenvalue weighted by Crippen LogP contribution is -2.32. The molecule has 0 spiro atoms. The number of thiazole rings is 1. The summed E-state index contributed by atoms with van der Waals surface area (Å²) in [6.07, 6.45) is 3.35. The largest absolute Gasteiger partial charge is 0.355 e. The van der Waals surface area contributed by atoms with Crippen molar-refractivity contribution in [1.82, 2.24) is 10.3 Å². The monoisotopic (exact) mass is 439 g/mol. The number of aryl methyl sites for hydroxylation is 1. The number of benzene rings is 2. The molecule has 1 aromatic heterocycles. The highest BCUT2D eigenvalue weighted by Gasteiger charge is 2.30. The predicted octanol–water partition coefficient (Wildman–Crippen LogP) is 4.83. The van der Waals surface area contributed by atoms with Gasteiger partial charge in [-0.25, -0.2) is 4.98 Å². The number of carbonyl (C=O) groups is 2. The van der Waals surface area contributed by atoms with E-state index in [0.29, 0.717) is 22.3 Å². The van der Waals surface area contributed by atoms with Crippen molar-refractivity contribution in [3.63, 3.8) is 0 Å². The van der Waals surface area contributed by atoms with E-state index in [1.807, 2.05) is 42.5 Å². The van der Waals surface area contributed by atoms with Crippen LogP contribution in [0.1, 0.15) is 45.3 Å². The second-order valence-electron chi connectivity index (χ2n) is 7.26. The van der Waals surface area contributed by atoms with Crippen molar-refractivity contribution in [3.05, 3.63) is 81.3 Å². The molecule has 0 aliphatic heterocycles. The summed E-state index contributed by atoms with van der Waals surface area (Å²) in [6, 6.07) is 16.7. The van der Waals surface area contributed by atoms with Gasteiger partial charge in [0.1, 0.15) is 0 Å². The van der Waals surface area contributed by atoms with Crippen LogP contribution in [0.2, 0.25) is 5.02 Å². The Hall–Kier alpha value is -2.70. The number of aromatic nitrogens is 1. The highest BCUT2D eigenvalue weighted by Crippen LogP contribution is 2.37. The third-order valence-electron chi connectivity index (χ3n) is 5.15. The molecule has 0 bridgehead atoms. The average Bonchev–Trinajstić information content (AvgIpc) is 3.18. The molecular weight excluding hydrogens is 418 g/mol. The minimum Gasteiger partial charge on any atom is -0.355 e. The number of hydrogen-bond donors (Lipinski definition) is 2. The summed E-state index contributed by atoms with van der Waals surface area (Å²) in [7, 11) is 0. The summed E-state index contributed by atoms with van der Waals surface area (Å²) >= 11 is 7.38. The van der Waals surface area contributed by atoms with E-state index < -0.39 is 0 Å². The second kappa shape index (κ2) is 9.41. The zero-order valence-electron chi connectivity index (χ0n) is 16.4. The first-order valence-electron chi connectivity index (χ1n) is 9.98. The number of carbonyl (C=O) groups excluding carboxylic acids is 2. The summed E-state index contributed by atoms with van der Waals surface area (Å²) < 4.78 is 0. The van der Waals surface area contributed by atoms with E-state index in [1.165, 1.54) is 11.3 Å². The van der Waals surface area contributed by atoms with Gasteiger partial charge in [0.15, 0.2) is 5.13 Å². The van der Waals surface area contributed by atoms with Gasteiger partial charge < -0.3 is 5.32 Å². The molecule has 1 unspecified atom stereocenters. The lowest BCUT2D eigenvalue weighted by Gasteiger charge is -2.20. The van der Waals surface area contributed by atoms with E-state index in [4.69, 9.17) is 11.6 Å². The van der Waals surface area contributed by atoms with Crippen molar-refractivity contribution < 1.29 is 9.59 Å². The molecule has 7 heteroatoms. The Morgan fingerprint density at radius 3 is 2.63 bits per heavy atom. The number of hydrogen-bond acceptors (Lipinski definition) is 4. The zero-order chi connectivity index (χ0) is 20.9. The zero-order valence-corrected chi connectivity index (χ0v) is 17.9. The van der Waals surface area contributed by atoms with Crippen LogP contribution in [-0.4, -0.2) is 23.3 Å². The molecule has 3 aromatic rings. The molecule has 154 valence electrons. The molecule has 0 radical (unpaired) electrons. The first-order valence-corrected chi connectivity index (χ1v) is 11.2. The van der Waals surface area contributed by atoms with Crippen LogP contribution >= 0.6 is 22.9 Å². The van der Waals surface area contributed by atoms with Crippen molar-refractivity contribution in [2.45, 2.75) is 31.6 Å². The molecule has 1 atom stereocenters. The van der Waals surface area contributed by atoms with Gasteiger partial charge in [-0.3, -0.25) is 14.9 Å². The molecule has 30 heavy (non-hydrogen) atoms. The van der Waals surface area contributed by atoms with Gasteiger partial charge in [0.05, 0.1) is 11.6 Å². The maximum Gasteiger partial charge on any atom is 0.257 e. The van der Waals surface area contributed by atoms with Gasteiger partial charge >= 0.3 is 0 Å². The lowest BCUT2D eigenvalue weighted by molar-refractivity contribution is -0.122. The summed E-state index contributed by atoms with van der Waals surface area (Å²) in [5.74, 6) is -0.459. The number of rotatable bonds is 6. The Morgan fingerprint density at radius 2 is 1.87 bits per heavy atom. The maximum atomic E-state index is 12.8. The molecule has 2 aromatic carbocycles. The summed E-state index contributed by atoms with van der Waals surface area (Å²) in [6.45, 7) is 0.564.